The number of hydrogen-bond acceptors (Lipinski definition) is 5. The third-order valence-corrected chi connectivity index (χ3v) is 5.94. The van der Waals surface area contributed by atoms with Crippen molar-refractivity contribution in [1.82, 2.24) is 5.16 Å². The molecule has 1 aliphatic carbocycles. The van der Waals surface area contributed by atoms with Crippen LogP contribution in [0.25, 0.3) is 10.8 Å². The molecule has 1 amide bonds. The van der Waals surface area contributed by atoms with Crippen molar-refractivity contribution in [2.45, 2.75) is 44.6 Å². The summed E-state index contributed by atoms with van der Waals surface area (Å²) >= 11 is 0. The Morgan fingerprint density at radius 1 is 1.16 bits per heavy atom. The topological polar surface area (TPSA) is 92.4 Å². The minimum Gasteiger partial charge on any atom is -0.369 e. The Bertz CT molecular complexity index is 1270. The summed E-state index contributed by atoms with van der Waals surface area (Å²) in [7, 11) is 0. The molecule has 7 heteroatoms. The number of nitrogens with zero attached hydrogens (tertiary/aromatic N) is 1. The van der Waals surface area contributed by atoms with Crippen LogP contribution in [-0.2, 0) is 4.79 Å². The lowest BCUT2D eigenvalue weighted by molar-refractivity contribution is -0.134. The minimum atomic E-state index is -1.91. The van der Waals surface area contributed by atoms with Crippen molar-refractivity contribution in [3.63, 3.8) is 0 Å². The number of amides is 1. The molecular weight excluding hydrogens is 411 g/mol. The first kappa shape index (κ1) is 21.7. The highest BCUT2D eigenvalue weighted by atomic mass is 19.1. The van der Waals surface area contributed by atoms with E-state index in [1.165, 1.54) is 24.3 Å². The van der Waals surface area contributed by atoms with E-state index in [2.05, 4.69) is 22.3 Å². The molecule has 1 unspecified atom stereocenters. The number of carbonyl (C=O) groups is 1. The van der Waals surface area contributed by atoms with Crippen molar-refractivity contribution in [2.75, 3.05) is 5.32 Å². The maximum atomic E-state index is 13.3. The van der Waals surface area contributed by atoms with E-state index in [9.17, 15) is 19.1 Å². The van der Waals surface area contributed by atoms with Gasteiger partial charge in [0.2, 0.25) is 5.60 Å². The van der Waals surface area contributed by atoms with Crippen molar-refractivity contribution in [2.24, 2.45) is 5.92 Å². The van der Waals surface area contributed by atoms with Gasteiger partial charge in [0.15, 0.2) is 0 Å². The zero-order chi connectivity index (χ0) is 22.7. The fraction of sp³-hybridized carbons (Fsp3) is 0.320. The van der Waals surface area contributed by atoms with Gasteiger partial charge >= 0.3 is 5.63 Å². The first-order valence-electron chi connectivity index (χ1n) is 10.6. The number of carbonyl (C=O) groups excluding carboxylic acids is 1. The van der Waals surface area contributed by atoms with E-state index in [-0.39, 0.29) is 11.7 Å². The molecule has 0 spiro atoms. The summed E-state index contributed by atoms with van der Waals surface area (Å²) < 4.78 is 17.9. The summed E-state index contributed by atoms with van der Waals surface area (Å²) in [5, 5.41) is 18.8. The molecule has 0 radical (unpaired) electrons. The van der Waals surface area contributed by atoms with Gasteiger partial charge in [-0.25, -0.2) is 9.18 Å². The molecule has 164 valence electrons. The molecule has 0 saturated heterocycles. The highest BCUT2D eigenvalue weighted by Gasteiger charge is 2.43. The standard InChI is InChI=1S/C25H23FN2O4/c1-16-22-15-20(11-12-21(22)23(29)32-28-16)27-24(30)25(31,18-5-3-2-4-6-18)14-13-17-7-9-19(26)10-8-17/h7-12,15,18,31H,2-6H2,1H3,(H,27,30). The largest absolute Gasteiger partial charge is 0.369 e. The summed E-state index contributed by atoms with van der Waals surface area (Å²) in [5.41, 5.74) is -1.04. The average molecular weight is 434 g/mol. The lowest BCUT2D eigenvalue weighted by Gasteiger charge is -2.33. The highest BCUT2D eigenvalue weighted by Crippen LogP contribution is 2.34. The molecule has 4 rings (SSSR count). The van der Waals surface area contributed by atoms with Crippen molar-refractivity contribution in [3.8, 4) is 11.8 Å². The molecule has 3 aromatic rings. The van der Waals surface area contributed by atoms with Crippen LogP contribution >= 0.6 is 0 Å². The van der Waals surface area contributed by atoms with Crippen LogP contribution in [0.4, 0.5) is 10.1 Å². The molecule has 1 aliphatic rings. The van der Waals surface area contributed by atoms with E-state index in [4.69, 9.17) is 4.52 Å². The van der Waals surface area contributed by atoms with Crippen LogP contribution in [0, 0.1) is 30.5 Å². The number of aliphatic hydroxyl groups is 1. The third kappa shape index (κ3) is 4.41. The van der Waals surface area contributed by atoms with Crippen molar-refractivity contribution >= 4 is 22.4 Å². The second kappa shape index (κ2) is 8.93. The number of fused-ring (bicyclic) bond motifs is 1. The van der Waals surface area contributed by atoms with Gasteiger partial charge in [-0.3, -0.25) is 4.79 Å². The van der Waals surface area contributed by atoms with Gasteiger partial charge in [-0.1, -0.05) is 36.3 Å². The second-order valence-electron chi connectivity index (χ2n) is 8.13. The van der Waals surface area contributed by atoms with Gasteiger partial charge in [-0.05, 0) is 62.2 Å². The number of nitrogens with one attached hydrogen (secondary N) is 1. The Labute approximate surface area is 184 Å². The Morgan fingerprint density at radius 3 is 2.59 bits per heavy atom. The second-order valence-corrected chi connectivity index (χ2v) is 8.13. The first-order valence-corrected chi connectivity index (χ1v) is 10.6. The van der Waals surface area contributed by atoms with E-state index >= 15 is 0 Å². The normalized spacial score (nSPS) is 16.1. The molecule has 2 N–H and O–H groups in total. The maximum absolute atomic E-state index is 13.3. The van der Waals surface area contributed by atoms with Gasteiger partial charge in [0, 0.05) is 22.6 Å². The molecule has 1 fully saturated rings. The number of hydrogen-bond donors (Lipinski definition) is 2. The number of aryl methyl sites for hydroxylation is 1. The molecule has 1 heterocycles. The van der Waals surface area contributed by atoms with E-state index in [0.717, 1.165) is 19.3 Å². The number of aromatic nitrogens is 1. The van der Waals surface area contributed by atoms with Crippen LogP contribution in [0.15, 0.2) is 51.8 Å². The quantitative estimate of drug-likeness (QED) is 0.610. The maximum Gasteiger partial charge on any atom is 0.366 e. The number of halogens is 1. The van der Waals surface area contributed by atoms with Crippen LogP contribution in [0.1, 0.15) is 43.4 Å². The van der Waals surface area contributed by atoms with Crippen LogP contribution in [0.3, 0.4) is 0 Å². The number of anilines is 1. The van der Waals surface area contributed by atoms with Gasteiger partial charge in [-0.15, -0.1) is 0 Å². The lowest BCUT2D eigenvalue weighted by Crippen LogP contribution is -2.48. The fourth-order valence-electron chi connectivity index (χ4n) is 4.10. The molecule has 0 bridgehead atoms. The Balaban J connectivity index is 1.67. The highest BCUT2D eigenvalue weighted by molar-refractivity contribution is 6.01. The van der Waals surface area contributed by atoms with Crippen LogP contribution in [0.2, 0.25) is 0 Å². The van der Waals surface area contributed by atoms with E-state index in [0.29, 0.717) is 40.6 Å². The molecule has 6 nitrogen and oxygen atoms in total. The van der Waals surface area contributed by atoms with Crippen molar-refractivity contribution < 1.29 is 18.8 Å². The third-order valence-electron chi connectivity index (χ3n) is 5.94. The van der Waals surface area contributed by atoms with Gasteiger partial charge in [0.25, 0.3) is 5.91 Å². The summed E-state index contributed by atoms with van der Waals surface area (Å²) in [4.78, 5) is 25.2. The molecular formula is C25H23FN2O4. The average Bonchev–Trinajstić information content (AvgIpc) is 2.81. The molecule has 0 aliphatic heterocycles. The smallest absolute Gasteiger partial charge is 0.366 e. The van der Waals surface area contributed by atoms with Gasteiger partial charge < -0.3 is 14.9 Å². The number of rotatable bonds is 3. The molecule has 1 aromatic heterocycles. The zero-order valence-electron chi connectivity index (χ0n) is 17.7. The first-order chi connectivity index (χ1) is 15.4. The van der Waals surface area contributed by atoms with E-state index < -0.39 is 17.1 Å². The van der Waals surface area contributed by atoms with E-state index in [1.807, 2.05) is 0 Å². The fourth-order valence-corrected chi connectivity index (χ4v) is 4.10. The Kier molecular flexibility index (Phi) is 6.06. The Morgan fingerprint density at radius 2 is 1.88 bits per heavy atom. The van der Waals surface area contributed by atoms with Crippen molar-refractivity contribution in [1.29, 1.82) is 0 Å². The molecule has 2 aromatic carbocycles. The van der Waals surface area contributed by atoms with Crippen LogP contribution in [0.5, 0.6) is 0 Å². The Hall–Kier alpha value is -3.50. The van der Waals surface area contributed by atoms with Gasteiger partial charge in [0.1, 0.15) is 5.82 Å². The van der Waals surface area contributed by atoms with Crippen LogP contribution < -0.4 is 10.9 Å². The van der Waals surface area contributed by atoms with Gasteiger partial charge in [0.05, 0.1) is 11.1 Å². The molecule has 32 heavy (non-hydrogen) atoms. The predicted octanol–water partition coefficient (Wildman–Crippen LogP) is 3.94. The molecule has 1 saturated carbocycles. The zero-order valence-corrected chi connectivity index (χ0v) is 17.7. The SMILES string of the molecule is Cc1noc(=O)c2ccc(NC(=O)C(O)(C#Cc3ccc(F)cc3)C3CCCCC3)cc12. The van der Waals surface area contributed by atoms with E-state index in [1.54, 1.807) is 25.1 Å². The predicted molar refractivity (Wildman–Crippen MR) is 118 cm³/mol. The minimum absolute atomic E-state index is 0.319. The number of benzene rings is 2. The summed E-state index contributed by atoms with van der Waals surface area (Å²) in [6, 6.07) is 10.3. The van der Waals surface area contributed by atoms with Crippen molar-refractivity contribution in [3.05, 3.63) is 70.0 Å². The lowest BCUT2D eigenvalue weighted by atomic mass is 9.76. The van der Waals surface area contributed by atoms with Crippen LogP contribution in [-0.4, -0.2) is 21.8 Å². The monoisotopic (exact) mass is 434 g/mol. The summed E-state index contributed by atoms with van der Waals surface area (Å²) in [6.45, 7) is 1.70. The molecule has 1 atom stereocenters. The van der Waals surface area contributed by atoms with Gasteiger partial charge in [-0.2, -0.15) is 0 Å². The summed E-state index contributed by atoms with van der Waals surface area (Å²) in [5.74, 6) is 4.27. The summed E-state index contributed by atoms with van der Waals surface area (Å²) in [6.07, 6.45) is 4.25.